The molecule has 0 saturated heterocycles. The molecule has 0 amide bonds. The minimum atomic E-state index is 0.253. The van der Waals surface area contributed by atoms with Crippen LogP contribution in [0.15, 0.2) is 29.4 Å². The molecule has 0 aliphatic carbocycles. The number of ether oxygens (including phenoxy) is 1. The van der Waals surface area contributed by atoms with Gasteiger partial charge in [-0.15, -0.1) is 11.3 Å². The van der Waals surface area contributed by atoms with Crippen molar-refractivity contribution in [1.29, 1.82) is 0 Å². The summed E-state index contributed by atoms with van der Waals surface area (Å²) in [5, 5.41) is 17.7. The number of rotatable bonds is 9. The summed E-state index contributed by atoms with van der Waals surface area (Å²) in [5.74, 6) is 1.69. The molecule has 0 radical (unpaired) electrons. The first-order valence-electron chi connectivity index (χ1n) is 8.97. The van der Waals surface area contributed by atoms with Gasteiger partial charge >= 0.3 is 0 Å². The van der Waals surface area contributed by atoms with Gasteiger partial charge in [-0.3, -0.25) is 4.99 Å². The summed E-state index contributed by atoms with van der Waals surface area (Å²) >= 11 is 1.76. The van der Waals surface area contributed by atoms with Crippen molar-refractivity contribution in [3.05, 3.63) is 39.8 Å². The number of phenols is 1. The summed E-state index contributed by atoms with van der Waals surface area (Å²) in [7, 11) is 1.59. The Morgan fingerprint density at radius 3 is 2.77 bits per heavy atom. The van der Waals surface area contributed by atoms with Crippen LogP contribution in [0.4, 0.5) is 0 Å². The van der Waals surface area contributed by atoms with E-state index in [9.17, 15) is 5.11 Å². The van der Waals surface area contributed by atoms with Gasteiger partial charge in [-0.2, -0.15) is 0 Å². The van der Waals surface area contributed by atoms with Crippen molar-refractivity contribution in [1.82, 2.24) is 15.6 Å². The third kappa shape index (κ3) is 6.22. The van der Waals surface area contributed by atoms with Crippen LogP contribution in [0.5, 0.6) is 11.5 Å². The largest absolute Gasteiger partial charge is 0.508 e. The Morgan fingerprint density at radius 2 is 2.12 bits per heavy atom. The maximum Gasteiger partial charge on any atom is 0.191 e. The lowest BCUT2D eigenvalue weighted by molar-refractivity contribution is 0.406. The number of methoxy groups -OCH3 is 1. The number of guanidine groups is 1. The SMILES string of the molecule is CCNC(=NCCc1ncc(CC)s1)NCCc1ccc(OC)cc1O. The molecule has 1 aromatic heterocycles. The Morgan fingerprint density at radius 1 is 1.27 bits per heavy atom. The van der Waals surface area contributed by atoms with Gasteiger partial charge in [0.25, 0.3) is 0 Å². The fourth-order valence-electron chi connectivity index (χ4n) is 2.43. The smallest absolute Gasteiger partial charge is 0.191 e. The van der Waals surface area contributed by atoms with E-state index in [-0.39, 0.29) is 5.75 Å². The molecule has 26 heavy (non-hydrogen) atoms. The minimum absolute atomic E-state index is 0.253. The standard InChI is InChI=1S/C19H28N4O2S/c1-4-16-13-23-18(26-16)9-11-22-19(20-5-2)21-10-8-14-6-7-15(25-3)12-17(14)24/h6-7,12-13,24H,4-5,8-11H2,1-3H3,(H2,20,21,22). The summed E-state index contributed by atoms with van der Waals surface area (Å²) in [4.78, 5) is 10.3. The molecule has 7 heteroatoms. The summed E-state index contributed by atoms with van der Waals surface area (Å²) < 4.78 is 5.11. The van der Waals surface area contributed by atoms with Crippen molar-refractivity contribution in [2.45, 2.75) is 33.1 Å². The number of aromatic hydroxyl groups is 1. The molecule has 0 aliphatic heterocycles. The molecule has 2 aromatic rings. The highest BCUT2D eigenvalue weighted by Crippen LogP contribution is 2.23. The summed E-state index contributed by atoms with van der Waals surface area (Å²) in [6, 6.07) is 5.37. The number of hydrogen-bond donors (Lipinski definition) is 3. The van der Waals surface area contributed by atoms with E-state index in [4.69, 9.17) is 4.74 Å². The summed E-state index contributed by atoms with van der Waals surface area (Å²) in [6.45, 7) is 6.36. The number of hydrogen-bond acceptors (Lipinski definition) is 5. The monoisotopic (exact) mass is 376 g/mol. The molecular formula is C19H28N4O2S. The van der Waals surface area contributed by atoms with Gasteiger partial charge in [0.2, 0.25) is 0 Å². The van der Waals surface area contributed by atoms with Gasteiger partial charge < -0.3 is 20.5 Å². The average Bonchev–Trinajstić information content (AvgIpc) is 3.11. The van der Waals surface area contributed by atoms with E-state index < -0.39 is 0 Å². The fourth-order valence-corrected chi connectivity index (χ4v) is 3.28. The Labute approximate surface area is 159 Å². The zero-order valence-electron chi connectivity index (χ0n) is 15.7. The number of thiazole rings is 1. The molecular weight excluding hydrogens is 348 g/mol. The third-order valence-corrected chi connectivity index (χ3v) is 5.07. The molecule has 6 nitrogen and oxygen atoms in total. The lowest BCUT2D eigenvalue weighted by Crippen LogP contribution is -2.38. The van der Waals surface area contributed by atoms with E-state index in [0.717, 1.165) is 35.9 Å². The van der Waals surface area contributed by atoms with E-state index in [2.05, 4.69) is 27.5 Å². The molecule has 0 atom stereocenters. The van der Waals surface area contributed by atoms with Gasteiger partial charge in [0.05, 0.1) is 12.1 Å². The van der Waals surface area contributed by atoms with Crippen LogP contribution < -0.4 is 15.4 Å². The molecule has 0 bridgehead atoms. The van der Waals surface area contributed by atoms with Crippen LogP contribution in [0.25, 0.3) is 0 Å². The highest BCUT2D eigenvalue weighted by Gasteiger charge is 2.05. The first-order chi connectivity index (χ1) is 12.7. The van der Waals surface area contributed by atoms with Crippen molar-refractivity contribution >= 4 is 17.3 Å². The van der Waals surface area contributed by atoms with Gasteiger partial charge in [0.1, 0.15) is 11.5 Å². The second kappa shape index (κ2) is 10.7. The normalized spacial score (nSPS) is 11.4. The number of nitrogens with zero attached hydrogens (tertiary/aromatic N) is 2. The number of aryl methyl sites for hydroxylation is 1. The number of phenolic OH excluding ortho intramolecular Hbond substituents is 1. The first-order valence-corrected chi connectivity index (χ1v) is 9.79. The molecule has 1 heterocycles. The predicted octanol–water partition coefficient (Wildman–Crippen LogP) is 2.76. The molecule has 1 aromatic carbocycles. The highest BCUT2D eigenvalue weighted by molar-refractivity contribution is 7.11. The fraction of sp³-hybridized carbons (Fsp3) is 0.474. The first kappa shape index (κ1) is 20.0. The van der Waals surface area contributed by atoms with Crippen molar-refractivity contribution in [2.24, 2.45) is 4.99 Å². The van der Waals surface area contributed by atoms with Crippen molar-refractivity contribution in [2.75, 3.05) is 26.7 Å². The number of aliphatic imine (C=N–C) groups is 1. The van der Waals surface area contributed by atoms with Crippen molar-refractivity contribution in [3.8, 4) is 11.5 Å². The molecule has 0 spiro atoms. The van der Waals surface area contributed by atoms with Crippen LogP contribution in [-0.2, 0) is 19.3 Å². The molecule has 0 fully saturated rings. The van der Waals surface area contributed by atoms with Crippen LogP contribution in [-0.4, -0.2) is 42.8 Å². The molecule has 0 aliphatic rings. The Kier molecular flexibility index (Phi) is 8.21. The Balaban J connectivity index is 1.83. The number of aromatic nitrogens is 1. The molecule has 2 rings (SSSR count). The van der Waals surface area contributed by atoms with E-state index >= 15 is 0 Å². The van der Waals surface area contributed by atoms with Gasteiger partial charge in [0, 0.05) is 43.2 Å². The number of benzene rings is 1. The quantitative estimate of drug-likeness (QED) is 0.463. The van der Waals surface area contributed by atoms with Gasteiger partial charge in [-0.05, 0) is 31.4 Å². The highest BCUT2D eigenvalue weighted by atomic mass is 32.1. The van der Waals surface area contributed by atoms with Crippen LogP contribution in [0.2, 0.25) is 0 Å². The maximum atomic E-state index is 10.0. The molecule has 142 valence electrons. The summed E-state index contributed by atoms with van der Waals surface area (Å²) in [6.07, 6.45) is 4.53. The van der Waals surface area contributed by atoms with Crippen LogP contribution in [0.1, 0.15) is 29.3 Å². The van der Waals surface area contributed by atoms with Gasteiger partial charge in [0.15, 0.2) is 5.96 Å². The van der Waals surface area contributed by atoms with Crippen LogP contribution in [0, 0.1) is 0 Å². The van der Waals surface area contributed by atoms with Crippen molar-refractivity contribution < 1.29 is 9.84 Å². The minimum Gasteiger partial charge on any atom is -0.508 e. The third-order valence-electron chi connectivity index (χ3n) is 3.87. The van der Waals surface area contributed by atoms with Crippen molar-refractivity contribution in [3.63, 3.8) is 0 Å². The predicted molar refractivity (Wildman–Crippen MR) is 108 cm³/mol. The van der Waals surface area contributed by atoms with Crippen LogP contribution >= 0.6 is 11.3 Å². The van der Waals surface area contributed by atoms with Gasteiger partial charge in [-0.25, -0.2) is 4.98 Å². The second-order valence-electron chi connectivity index (χ2n) is 5.76. The second-order valence-corrected chi connectivity index (χ2v) is 6.96. The van der Waals surface area contributed by atoms with Crippen LogP contribution in [0.3, 0.4) is 0 Å². The lowest BCUT2D eigenvalue weighted by Gasteiger charge is -2.12. The Bertz CT molecular complexity index is 715. The summed E-state index contributed by atoms with van der Waals surface area (Å²) in [5.41, 5.74) is 0.879. The van der Waals surface area contributed by atoms with E-state index in [1.165, 1.54) is 4.88 Å². The van der Waals surface area contributed by atoms with E-state index in [1.54, 1.807) is 24.5 Å². The molecule has 0 saturated carbocycles. The zero-order chi connectivity index (χ0) is 18.8. The average molecular weight is 377 g/mol. The van der Waals surface area contributed by atoms with E-state index in [0.29, 0.717) is 25.3 Å². The topological polar surface area (TPSA) is 78.8 Å². The van der Waals surface area contributed by atoms with Gasteiger partial charge in [-0.1, -0.05) is 13.0 Å². The number of nitrogens with one attached hydrogen (secondary N) is 2. The lowest BCUT2D eigenvalue weighted by atomic mass is 10.1. The Hall–Kier alpha value is -2.28. The maximum absolute atomic E-state index is 10.0. The molecule has 0 unspecified atom stereocenters. The van der Waals surface area contributed by atoms with E-state index in [1.807, 2.05) is 25.3 Å². The zero-order valence-corrected chi connectivity index (χ0v) is 16.5. The molecule has 3 N–H and O–H groups in total.